The van der Waals surface area contributed by atoms with Gasteiger partial charge in [0.15, 0.2) is 0 Å². The van der Waals surface area contributed by atoms with Crippen LogP contribution in [-0.4, -0.2) is 52.3 Å². The van der Waals surface area contributed by atoms with E-state index in [4.69, 9.17) is 8.92 Å². The molecule has 21 heavy (non-hydrogen) atoms. The van der Waals surface area contributed by atoms with Gasteiger partial charge in [-0.2, -0.15) is 8.42 Å². The first-order chi connectivity index (χ1) is 10.1. The maximum absolute atomic E-state index is 12.0. The van der Waals surface area contributed by atoms with Crippen LogP contribution >= 0.6 is 0 Å². The van der Waals surface area contributed by atoms with Gasteiger partial charge in [0.2, 0.25) is 0 Å². The third-order valence-corrected chi connectivity index (χ3v) is 4.56. The van der Waals surface area contributed by atoms with E-state index in [2.05, 4.69) is 11.8 Å². The third kappa shape index (κ3) is 5.74. The fourth-order valence-electron chi connectivity index (χ4n) is 2.40. The molecule has 2 rings (SSSR count). The monoisotopic (exact) mass is 313 g/mol. The van der Waals surface area contributed by atoms with Crippen molar-refractivity contribution in [2.75, 3.05) is 32.8 Å². The van der Waals surface area contributed by atoms with Crippen LogP contribution in [0, 0.1) is 0 Å². The number of morpholine rings is 1. The summed E-state index contributed by atoms with van der Waals surface area (Å²) in [5.41, 5.74) is 0.731. The Labute approximate surface area is 127 Å². The Kier molecular flexibility index (Phi) is 6.17. The predicted octanol–water partition coefficient (Wildman–Crippen LogP) is 1.64. The maximum Gasteiger partial charge on any atom is 0.271 e. The molecule has 1 aliphatic heterocycles. The molecule has 1 aromatic rings. The van der Waals surface area contributed by atoms with Crippen molar-refractivity contribution in [1.82, 2.24) is 4.90 Å². The van der Waals surface area contributed by atoms with Crippen LogP contribution in [0.25, 0.3) is 0 Å². The highest BCUT2D eigenvalue weighted by atomic mass is 32.2. The molecule has 0 bridgehead atoms. The Hall–Kier alpha value is -0.950. The van der Waals surface area contributed by atoms with Gasteiger partial charge in [0.25, 0.3) is 10.1 Å². The van der Waals surface area contributed by atoms with Crippen molar-refractivity contribution in [1.29, 1.82) is 0 Å². The normalized spacial score (nSPS) is 20.5. The molecule has 0 radical (unpaired) electrons. The van der Waals surface area contributed by atoms with E-state index in [1.165, 1.54) is 0 Å². The predicted molar refractivity (Wildman–Crippen MR) is 81.5 cm³/mol. The Balaban J connectivity index is 1.81. The molecule has 1 aliphatic rings. The molecule has 0 N–H and O–H groups in total. The van der Waals surface area contributed by atoms with Crippen molar-refractivity contribution >= 4 is 10.1 Å². The molecule has 0 amide bonds. The van der Waals surface area contributed by atoms with Gasteiger partial charge in [-0.15, -0.1) is 0 Å². The Bertz CT molecular complexity index is 516. The van der Waals surface area contributed by atoms with E-state index in [9.17, 15) is 8.42 Å². The molecule has 0 aliphatic carbocycles. The highest BCUT2D eigenvalue weighted by Crippen LogP contribution is 2.11. The Morgan fingerprint density at radius 2 is 2.10 bits per heavy atom. The van der Waals surface area contributed by atoms with Gasteiger partial charge in [-0.3, -0.25) is 9.08 Å². The standard InChI is InChI=1S/C15H23NO4S/c1-2-8-16-9-10-19-15(11-16)12-20-21(17,18)13-14-6-4-3-5-7-14/h3-7,15H,2,8-13H2,1H3. The molecule has 0 spiro atoms. The summed E-state index contributed by atoms with van der Waals surface area (Å²) < 4.78 is 34.6. The van der Waals surface area contributed by atoms with Crippen LogP contribution in [0.1, 0.15) is 18.9 Å². The average molecular weight is 313 g/mol. The largest absolute Gasteiger partial charge is 0.373 e. The van der Waals surface area contributed by atoms with Crippen LogP contribution in [0.2, 0.25) is 0 Å². The third-order valence-electron chi connectivity index (χ3n) is 3.38. The Morgan fingerprint density at radius 3 is 2.81 bits per heavy atom. The molecule has 1 atom stereocenters. The lowest BCUT2D eigenvalue weighted by atomic mass is 10.2. The van der Waals surface area contributed by atoms with Crippen molar-refractivity contribution in [3.63, 3.8) is 0 Å². The molecular formula is C15H23NO4S. The van der Waals surface area contributed by atoms with Crippen molar-refractivity contribution in [3.05, 3.63) is 35.9 Å². The summed E-state index contributed by atoms with van der Waals surface area (Å²) in [5, 5.41) is 0. The highest BCUT2D eigenvalue weighted by molar-refractivity contribution is 7.85. The lowest BCUT2D eigenvalue weighted by Crippen LogP contribution is -2.44. The number of benzene rings is 1. The summed E-state index contributed by atoms with van der Waals surface area (Å²) in [7, 11) is -3.56. The lowest BCUT2D eigenvalue weighted by Gasteiger charge is -2.32. The second-order valence-corrected chi connectivity index (χ2v) is 6.91. The van der Waals surface area contributed by atoms with Crippen molar-refractivity contribution in [3.8, 4) is 0 Å². The van der Waals surface area contributed by atoms with Crippen LogP contribution in [-0.2, 0) is 24.8 Å². The van der Waals surface area contributed by atoms with Crippen molar-refractivity contribution < 1.29 is 17.3 Å². The van der Waals surface area contributed by atoms with Gasteiger partial charge in [0.1, 0.15) is 5.75 Å². The van der Waals surface area contributed by atoms with Gasteiger partial charge in [-0.25, -0.2) is 0 Å². The maximum atomic E-state index is 12.0. The fraction of sp³-hybridized carbons (Fsp3) is 0.600. The van der Waals surface area contributed by atoms with Crippen LogP contribution < -0.4 is 0 Å². The first kappa shape index (κ1) is 16.4. The van der Waals surface area contributed by atoms with E-state index < -0.39 is 10.1 Å². The highest BCUT2D eigenvalue weighted by Gasteiger charge is 2.22. The summed E-state index contributed by atoms with van der Waals surface area (Å²) >= 11 is 0. The first-order valence-corrected chi connectivity index (χ1v) is 8.92. The second kappa shape index (κ2) is 7.89. The van der Waals surface area contributed by atoms with E-state index in [1.54, 1.807) is 12.1 Å². The molecule has 1 saturated heterocycles. The quantitative estimate of drug-likeness (QED) is 0.716. The minimum Gasteiger partial charge on any atom is -0.373 e. The smallest absolute Gasteiger partial charge is 0.271 e. The van der Waals surface area contributed by atoms with Crippen LogP contribution in [0.3, 0.4) is 0 Å². The van der Waals surface area contributed by atoms with Gasteiger partial charge in [0.05, 0.1) is 19.3 Å². The summed E-state index contributed by atoms with van der Waals surface area (Å²) in [4.78, 5) is 2.28. The molecule has 1 heterocycles. The number of nitrogens with zero attached hydrogens (tertiary/aromatic N) is 1. The molecule has 118 valence electrons. The van der Waals surface area contributed by atoms with E-state index in [-0.39, 0.29) is 18.5 Å². The van der Waals surface area contributed by atoms with Gasteiger partial charge in [-0.05, 0) is 18.5 Å². The zero-order valence-electron chi connectivity index (χ0n) is 12.4. The lowest BCUT2D eigenvalue weighted by molar-refractivity contribution is -0.0468. The van der Waals surface area contributed by atoms with Crippen LogP contribution in [0.5, 0.6) is 0 Å². The molecular weight excluding hydrogens is 290 g/mol. The molecule has 1 aromatic carbocycles. The van der Waals surface area contributed by atoms with Crippen LogP contribution in [0.4, 0.5) is 0 Å². The molecule has 5 nitrogen and oxygen atoms in total. The van der Waals surface area contributed by atoms with Crippen LogP contribution in [0.15, 0.2) is 30.3 Å². The van der Waals surface area contributed by atoms with Gasteiger partial charge < -0.3 is 4.74 Å². The van der Waals surface area contributed by atoms with E-state index >= 15 is 0 Å². The number of ether oxygens (including phenoxy) is 1. The van der Waals surface area contributed by atoms with Crippen molar-refractivity contribution in [2.24, 2.45) is 0 Å². The second-order valence-electron chi connectivity index (χ2n) is 5.27. The van der Waals surface area contributed by atoms with Gasteiger partial charge >= 0.3 is 0 Å². The first-order valence-electron chi connectivity index (χ1n) is 7.34. The SMILES string of the molecule is CCCN1CCOC(COS(=O)(=O)Cc2ccccc2)C1. The molecule has 1 fully saturated rings. The average Bonchev–Trinajstić information content (AvgIpc) is 2.47. The minimum atomic E-state index is -3.56. The number of hydrogen-bond donors (Lipinski definition) is 0. The molecule has 0 saturated carbocycles. The van der Waals surface area contributed by atoms with Gasteiger partial charge in [0, 0.05) is 13.1 Å². The summed E-state index contributed by atoms with van der Waals surface area (Å²) in [6.07, 6.45) is 0.913. The Morgan fingerprint density at radius 1 is 1.33 bits per heavy atom. The summed E-state index contributed by atoms with van der Waals surface area (Å²) in [6.45, 7) is 5.50. The summed E-state index contributed by atoms with van der Waals surface area (Å²) in [6, 6.07) is 9.05. The zero-order chi connectivity index (χ0) is 15.1. The van der Waals surface area contributed by atoms with Crippen molar-refractivity contribution in [2.45, 2.75) is 25.2 Å². The summed E-state index contributed by atoms with van der Waals surface area (Å²) in [5.74, 6) is -0.0980. The number of hydrogen-bond acceptors (Lipinski definition) is 5. The van der Waals surface area contributed by atoms with Gasteiger partial charge in [-0.1, -0.05) is 37.3 Å². The van der Waals surface area contributed by atoms with E-state index in [0.717, 1.165) is 31.6 Å². The minimum absolute atomic E-state index is 0.0926. The topological polar surface area (TPSA) is 55.8 Å². The zero-order valence-corrected chi connectivity index (χ0v) is 13.2. The fourth-order valence-corrected chi connectivity index (χ4v) is 3.44. The van der Waals surface area contributed by atoms with E-state index in [0.29, 0.717) is 6.61 Å². The molecule has 0 aromatic heterocycles. The molecule has 1 unspecified atom stereocenters. The number of rotatable bonds is 7. The molecule has 6 heteroatoms. The van der Waals surface area contributed by atoms with E-state index in [1.807, 2.05) is 18.2 Å².